The molecule has 10 heavy (non-hydrogen) atoms. The lowest BCUT2D eigenvalue weighted by Crippen LogP contribution is -2.42. The van der Waals surface area contributed by atoms with Crippen molar-refractivity contribution in [2.75, 3.05) is 7.11 Å². The Morgan fingerprint density at radius 3 is 1.80 bits per heavy atom. The standard InChI is InChI=1S/C6H7F3O/c1-4-5(2,10-3)6(7,8)9/h1H,2-3H3. The average molecular weight is 152 g/mol. The molecule has 0 spiro atoms. The van der Waals surface area contributed by atoms with Crippen LogP contribution in [0, 0.1) is 12.3 Å². The summed E-state index contributed by atoms with van der Waals surface area (Å²) in [6, 6.07) is 0. The molecule has 0 saturated carbocycles. The molecule has 58 valence electrons. The summed E-state index contributed by atoms with van der Waals surface area (Å²) in [6.45, 7) is 0.799. The Balaban J connectivity index is 4.54. The van der Waals surface area contributed by atoms with Gasteiger partial charge in [-0.2, -0.15) is 13.2 Å². The molecule has 0 fully saturated rings. The fourth-order valence-corrected chi connectivity index (χ4v) is 0.256. The van der Waals surface area contributed by atoms with E-state index in [9.17, 15) is 13.2 Å². The largest absolute Gasteiger partial charge is 0.428 e. The van der Waals surface area contributed by atoms with Crippen molar-refractivity contribution in [1.29, 1.82) is 0 Å². The van der Waals surface area contributed by atoms with Crippen LogP contribution in [-0.4, -0.2) is 18.9 Å². The zero-order chi connectivity index (χ0) is 8.41. The van der Waals surface area contributed by atoms with Gasteiger partial charge >= 0.3 is 6.18 Å². The molecule has 4 heteroatoms. The summed E-state index contributed by atoms with van der Waals surface area (Å²) in [6.07, 6.45) is 0.105. The molecule has 0 radical (unpaired) electrons. The third kappa shape index (κ3) is 1.42. The first-order chi connectivity index (χ1) is 4.37. The maximum absolute atomic E-state index is 11.8. The van der Waals surface area contributed by atoms with Gasteiger partial charge in [-0.25, -0.2) is 0 Å². The van der Waals surface area contributed by atoms with Crippen molar-refractivity contribution < 1.29 is 17.9 Å². The van der Waals surface area contributed by atoms with Gasteiger partial charge in [0.1, 0.15) is 0 Å². The van der Waals surface area contributed by atoms with Gasteiger partial charge in [-0.1, -0.05) is 5.92 Å². The van der Waals surface area contributed by atoms with Crippen LogP contribution < -0.4 is 0 Å². The predicted molar refractivity (Wildman–Crippen MR) is 30.3 cm³/mol. The van der Waals surface area contributed by atoms with E-state index < -0.39 is 11.8 Å². The number of alkyl halides is 3. The normalized spacial score (nSPS) is 17.6. The summed E-state index contributed by atoms with van der Waals surface area (Å²) in [7, 11) is 0.924. The van der Waals surface area contributed by atoms with E-state index in [-0.39, 0.29) is 0 Å². The number of terminal acetylenes is 1. The molecule has 0 N–H and O–H groups in total. The fourth-order valence-electron chi connectivity index (χ4n) is 0.256. The summed E-state index contributed by atoms with van der Waals surface area (Å²) in [5, 5.41) is 0. The fraction of sp³-hybridized carbons (Fsp3) is 0.667. The molecule has 1 unspecified atom stereocenters. The highest BCUT2D eigenvalue weighted by atomic mass is 19.4. The highest BCUT2D eigenvalue weighted by Crippen LogP contribution is 2.31. The molecule has 0 aromatic heterocycles. The molecule has 0 aliphatic rings. The van der Waals surface area contributed by atoms with Crippen LogP contribution >= 0.6 is 0 Å². The first-order valence-electron chi connectivity index (χ1n) is 2.47. The molecule has 0 aliphatic heterocycles. The van der Waals surface area contributed by atoms with E-state index in [0.717, 1.165) is 14.0 Å². The van der Waals surface area contributed by atoms with Gasteiger partial charge in [-0.15, -0.1) is 6.42 Å². The van der Waals surface area contributed by atoms with Crippen molar-refractivity contribution in [2.45, 2.75) is 18.7 Å². The van der Waals surface area contributed by atoms with E-state index in [1.807, 2.05) is 0 Å². The lowest BCUT2D eigenvalue weighted by Gasteiger charge is -2.24. The van der Waals surface area contributed by atoms with E-state index in [0.29, 0.717) is 0 Å². The zero-order valence-electron chi connectivity index (χ0n) is 5.62. The lowest BCUT2D eigenvalue weighted by atomic mass is 10.1. The first-order valence-corrected chi connectivity index (χ1v) is 2.47. The average Bonchev–Trinajstić information content (AvgIpc) is 1.84. The van der Waals surface area contributed by atoms with Crippen LogP contribution in [0.15, 0.2) is 0 Å². The van der Waals surface area contributed by atoms with Crippen LogP contribution in [0.4, 0.5) is 13.2 Å². The van der Waals surface area contributed by atoms with Crippen LogP contribution in [-0.2, 0) is 4.74 Å². The first kappa shape index (κ1) is 9.31. The summed E-state index contributed by atoms with van der Waals surface area (Å²) in [5.74, 6) is 1.52. The van der Waals surface area contributed by atoms with E-state index in [1.165, 1.54) is 5.92 Å². The second-order valence-corrected chi connectivity index (χ2v) is 1.88. The quantitative estimate of drug-likeness (QED) is 0.518. The molecule has 0 aromatic carbocycles. The summed E-state index contributed by atoms with van der Waals surface area (Å²) in [4.78, 5) is 0. The Morgan fingerprint density at radius 2 is 1.80 bits per heavy atom. The topological polar surface area (TPSA) is 9.23 Å². The minimum Gasteiger partial charge on any atom is -0.357 e. The van der Waals surface area contributed by atoms with E-state index in [2.05, 4.69) is 11.2 Å². The molecular formula is C6H7F3O. The van der Waals surface area contributed by atoms with Gasteiger partial charge in [0, 0.05) is 7.11 Å². The molecule has 1 atom stereocenters. The molecule has 0 aliphatic carbocycles. The highest BCUT2D eigenvalue weighted by Gasteiger charge is 2.50. The third-order valence-corrected chi connectivity index (χ3v) is 1.22. The molecule has 0 bridgehead atoms. The number of rotatable bonds is 1. The zero-order valence-corrected chi connectivity index (χ0v) is 5.62. The van der Waals surface area contributed by atoms with Crippen molar-refractivity contribution in [3.63, 3.8) is 0 Å². The van der Waals surface area contributed by atoms with E-state index >= 15 is 0 Å². The van der Waals surface area contributed by atoms with Gasteiger partial charge in [0.05, 0.1) is 0 Å². The molecule has 0 rings (SSSR count). The van der Waals surface area contributed by atoms with Gasteiger partial charge in [-0.05, 0) is 6.92 Å². The second kappa shape index (κ2) is 2.51. The van der Waals surface area contributed by atoms with E-state index in [4.69, 9.17) is 0 Å². The van der Waals surface area contributed by atoms with Crippen LogP contribution in [0.3, 0.4) is 0 Å². The molecule has 0 saturated heterocycles. The monoisotopic (exact) mass is 152 g/mol. The Bertz CT molecular complexity index is 155. The number of ether oxygens (including phenoxy) is 1. The highest BCUT2D eigenvalue weighted by molar-refractivity contribution is 5.10. The lowest BCUT2D eigenvalue weighted by molar-refractivity contribution is -0.237. The van der Waals surface area contributed by atoms with Crippen LogP contribution in [0.1, 0.15) is 6.92 Å². The number of halogens is 3. The van der Waals surface area contributed by atoms with Gasteiger partial charge < -0.3 is 4.74 Å². The Labute approximate surface area is 57.2 Å². The Morgan fingerprint density at radius 1 is 1.40 bits per heavy atom. The van der Waals surface area contributed by atoms with Gasteiger partial charge in [0.2, 0.25) is 5.60 Å². The van der Waals surface area contributed by atoms with Crippen LogP contribution in [0.2, 0.25) is 0 Å². The molecule has 0 aromatic rings. The van der Waals surface area contributed by atoms with Crippen LogP contribution in [0.25, 0.3) is 0 Å². The Kier molecular flexibility index (Phi) is 2.33. The van der Waals surface area contributed by atoms with Gasteiger partial charge in [-0.3, -0.25) is 0 Å². The molecular weight excluding hydrogens is 145 g/mol. The molecule has 1 nitrogen and oxygen atoms in total. The summed E-state index contributed by atoms with van der Waals surface area (Å²) in [5.41, 5.74) is -2.45. The van der Waals surface area contributed by atoms with E-state index in [1.54, 1.807) is 0 Å². The predicted octanol–water partition coefficient (Wildman–Crippen LogP) is 1.59. The van der Waals surface area contributed by atoms with Crippen molar-refractivity contribution >= 4 is 0 Å². The summed E-state index contributed by atoms with van der Waals surface area (Å²) >= 11 is 0. The number of hydrogen-bond acceptors (Lipinski definition) is 1. The molecule has 0 amide bonds. The number of hydrogen-bond donors (Lipinski definition) is 0. The van der Waals surface area contributed by atoms with Crippen LogP contribution in [0.5, 0.6) is 0 Å². The van der Waals surface area contributed by atoms with Crippen molar-refractivity contribution in [3.8, 4) is 12.3 Å². The van der Waals surface area contributed by atoms with Gasteiger partial charge in [0.15, 0.2) is 0 Å². The van der Waals surface area contributed by atoms with Crippen molar-refractivity contribution in [3.05, 3.63) is 0 Å². The minimum atomic E-state index is -4.50. The molecule has 0 heterocycles. The SMILES string of the molecule is C#CC(C)(OC)C(F)(F)F. The maximum atomic E-state index is 11.8. The maximum Gasteiger partial charge on any atom is 0.428 e. The smallest absolute Gasteiger partial charge is 0.357 e. The van der Waals surface area contributed by atoms with Crippen molar-refractivity contribution in [1.82, 2.24) is 0 Å². The van der Waals surface area contributed by atoms with Crippen molar-refractivity contribution in [2.24, 2.45) is 0 Å². The second-order valence-electron chi connectivity index (χ2n) is 1.88. The Hall–Kier alpha value is -0.690. The number of methoxy groups -OCH3 is 1. The minimum absolute atomic E-state index is 0.799. The third-order valence-electron chi connectivity index (χ3n) is 1.22. The summed E-state index contributed by atoms with van der Waals surface area (Å²) < 4.78 is 39.6. The van der Waals surface area contributed by atoms with Gasteiger partial charge in [0.25, 0.3) is 0 Å².